The van der Waals surface area contributed by atoms with Gasteiger partial charge in [0.25, 0.3) is 5.56 Å². The van der Waals surface area contributed by atoms with Crippen LogP contribution in [-0.2, 0) is 5.75 Å². The number of H-pyrrole nitrogens is 1. The molecule has 88 valence electrons. The number of nitrogens with one attached hydrogen (secondary N) is 1. The molecular formula is C11H8FIN2OS. The molecule has 2 aromatic rings. The van der Waals surface area contributed by atoms with Gasteiger partial charge in [0.1, 0.15) is 11.6 Å². The van der Waals surface area contributed by atoms with Crippen LogP contribution in [-0.4, -0.2) is 9.97 Å². The maximum absolute atomic E-state index is 13.3. The number of thioether (sulfide) groups is 1. The highest BCUT2D eigenvalue weighted by Crippen LogP contribution is 2.23. The Balaban J connectivity index is 2.10. The molecule has 6 heteroatoms. The molecule has 0 aliphatic carbocycles. The Morgan fingerprint density at radius 2 is 2.18 bits per heavy atom. The Kier molecular flexibility index (Phi) is 4.16. The van der Waals surface area contributed by atoms with Gasteiger partial charge in [-0.15, -0.1) is 11.8 Å². The molecule has 0 fully saturated rings. The SMILES string of the molecule is O=c1[nH]c(CSc2ccccc2F)ncc1I. The lowest BCUT2D eigenvalue weighted by Gasteiger charge is -2.02. The van der Waals surface area contributed by atoms with Crippen LogP contribution < -0.4 is 5.56 Å². The minimum atomic E-state index is -0.259. The maximum atomic E-state index is 13.3. The highest BCUT2D eigenvalue weighted by molar-refractivity contribution is 14.1. The van der Waals surface area contributed by atoms with Crippen LogP contribution in [0.4, 0.5) is 4.39 Å². The van der Waals surface area contributed by atoms with Crippen LogP contribution in [0.2, 0.25) is 0 Å². The van der Waals surface area contributed by atoms with E-state index in [1.165, 1.54) is 24.0 Å². The Labute approximate surface area is 115 Å². The third kappa shape index (κ3) is 3.29. The highest BCUT2D eigenvalue weighted by atomic mass is 127. The van der Waals surface area contributed by atoms with E-state index in [2.05, 4.69) is 9.97 Å². The Morgan fingerprint density at radius 3 is 2.88 bits per heavy atom. The minimum absolute atomic E-state index is 0.162. The largest absolute Gasteiger partial charge is 0.309 e. The number of aromatic amines is 1. The molecule has 0 aliphatic rings. The first kappa shape index (κ1) is 12.6. The molecule has 0 aliphatic heterocycles. The van der Waals surface area contributed by atoms with E-state index in [0.29, 0.717) is 20.0 Å². The van der Waals surface area contributed by atoms with E-state index in [1.54, 1.807) is 18.2 Å². The second-order valence-electron chi connectivity index (χ2n) is 3.23. The molecule has 1 aromatic heterocycles. The molecule has 3 nitrogen and oxygen atoms in total. The van der Waals surface area contributed by atoms with Crippen LogP contribution in [0.25, 0.3) is 0 Å². The van der Waals surface area contributed by atoms with E-state index < -0.39 is 0 Å². The summed E-state index contributed by atoms with van der Waals surface area (Å²) in [5.41, 5.74) is -0.162. The zero-order valence-electron chi connectivity index (χ0n) is 8.61. The molecule has 0 atom stereocenters. The zero-order valence-corrected chi connectivity index (χ0v) is 11.6. The van der Waals surface area contributed by atoms with Crippen molar-refractivity contribution >= 4 is 34.4 Å². The molecule has 0 saturated heterocycles. The van der Waals surface area contributed by atoms with Crippen molar-refractivity contribution in [2.24, 2.45) is 0 Å². The van der Waals surface area contributed by atoms with Crippen LogP contribution in [0.15, 0.2) is 40.2 Å². The van der Waals surface area contributed by atoms with Gasteiger partial charge in [0.05, 0.1) is 9.32 Å². The van der Waals surface area contributed by atoms with Crippen molar-refractivity contribution in [3.8, 4) is 0 Å². The predicted octanol–water partition coefficient (Wildman–Crippen LogP) is 2.81. The van der Waals surface area contributed by atoms with Crippen LogP contribution in [0.3, 0.4) is 0 Å². The van der Waals surface area contributed by atoms with Crippen molar-refractivity contribution < 1.29 is 4.39 Å². The van der Waals surface area contributed by atoms with Gasteiger partial charge >= 0.3 is 0 Å². The number of hydrogen-bond donors (Lipinski definition) is 1. The summed E-state index contributed by atoms with van der Waals surface area (Å²) in [5.74, 6) is 0.724. The van der Waals surface area contributed by atoms with E-state index >= 15 is 0 Å². The molecule has 1 aromatic carbocycles. The summed E-state index contributed by atoms with van der Waals surface area (Å²) >= 11 is 3.22. The van der Waals surface area contributed by atoms with Gasteiger partial charge in [0.2, 0.25) is 0 Å². The second-order valence-corrected chi connectivity index (χ2v) is 5.41. The monoisotopic (exact) mass is 362 g/mol. The highest BCUT2D eigenvalue weighted by Gasteiger charge is 2.04. The molecular weight excluding hydrogens is 354 g/mol. The van der Waals surface area contributed by atoms with Crippen molar-refractivity contribution in [2.45, 2.75) is 10.6 Å². The standard InChI is InChI=1S/C11H8FIN2OS/c12-7-3-1-2-4-9(7)17-6-10-14-5-8(13)11(16)15-10/h1-5H,6H2,(H,14,15,16). The average Bonchev–Trinajstić information content (AvgIpc) is 2.32. The fourth-order valence-corrected chi connectivity index (χ4v) is 2.29. The molecule has 0 radical (unpaired) electrons. The summed E-state index contributed by atoms with van der Waals surface area (Å²) in [6.07, 6.45) is 1.51. The summed E-state index contributed by atoms with van der Waals surface area (Å²) in [4.78, 5) is 18.6. The van der Waals surface area contributed by atoms with E-state index in [-0.39, 0.29) is 11.4 Å². The zero-order chi connectivity index (χ0) is 12.3. The summed E-state index contributed by atoms with van der Waals surface area (Å²) in [6, 6.07) is 6.52. The summed E-state index contributed by atoms with van der Waals surface area (Å²) in [7, 11) is 0. The lowest BCUT2D eigenvalue weighted by atomic mass is 10.3. The predicted molar refractivity (Wildman–Crippen MR) is 73.5 cm³/mol. The van der Waals surface area contributed by atoms with Crippen molar-refractivity contribution in [2.75, 3.05) is 0 Å². The van der Waals surface area contributed by atoms with Crippen molar-refractivity contribution in [1.29, 1.82) is 0 Å². The van der Waals surface area contributed by atoms with Gasteiger partial charge in [-0.1, -0.05) is 12.1 Å². The molecule has 17 heavy (non-hydrogen) atoms. The lowest BCUT2D eigenvalue weighted by Crippen LogP contribution is -2.13. The van der Waals surface area contributed by atoms with Gasteiger partial charge in [0, 0.05) is 11.1 Å². The van der Waals surface area contributed by atoms with Gasteiger partial charge in [-0.3, -0.25) is 4.79 Å². The third-order valence-corrected chi connectivity index (χ3v) is 3.84. The third-order valence-electron chi connectivity index (χ3n) is 2.01. The normalized spacial score (nSPS) is 10.5. The van der Waals surface area contributed by atoms with Crippen LogP contribution in [0, 0.1) is 9.39 Å². The Morgan fingerprint density at radius 1 is 1.41 bits per heavy atom. The average molecular weight is 362 g/mol. The quantitative estimate of drug-likeness (QED) is 0.675. The first-order valence-corrected chi connectivity index (χ1v) is 6.84. The number of aromatic nitrogens is 2. The van der Waals surface area contributed by atoms with Gasteiger partial charge in [0.15, 0.2) is 0 Å². The van der Waals surface area contributed by atoms with Crippen molar-refractivity contribution in [3.63, 3.8) is 0 Å². The van der Waals surface area contributed by atoms with Crippen LogP contribution in [0.5, 0.6) is 0 Å². The number of nitrogens with zero attached hydrogens (tertiary/aromatic N) is 1. The van der Waals surface area contributed by atoms with Gasteiger partial charge in [-0.05, 0) is 34.7 Å². The van der Waals surface area contributed by atoms with Crippen LogP contribution >= 0.6 is 34.4 Å². The smallest absolute Gasteiger partial charge is 0.264 e. The minimum Gasteiger partial charge on any atom is -0.309 e. The van der Waals surface area contributed by atoms with Crippen LogP contribution in [0.1, 0.15) is 5.82 Å². The van der Waals surface area contributed by atoms with Gasteiger partial charge in [-0.2, -0.15) is 0 Å². The number of rotatable bonds is 3. The number of halogens is 2. The van der Waals surface area contributed by atoms with E-state index in [1.807, 2.05) is 22.6 Å². The summed E-state index contributed by atoms with van der Waals surface area (Å²) in [6.45, 7) is 0. The van der Waals surface area contributed by atoms with E-state index in [0.717, 1.165) is 0 Å². The molecule has 0 saturated carbocycles. The molecule has 1 N–H and O–H groups in total. The van der Waals surface area contributed by atoms with Crippen molar-refractivity contribution in [3.05, 3.63) is 56.0 Å². The molecule has 2 rings (SSSR count). The molecule has 1 heterocycles. The first-order chi connectivity index (χ1) is 8.16. The Bertz CT molecular complexity index is 588. The molecule has 0 unspecified atom stereocenters. The summed E-state index contributed by atoms with van der Waals surface area (Å²) in [5, 5.41) is 0. The maximum Gasteiger partial charge on any atom is 0.264 e. The van der Waals surface area contributed by atoms with E-state index in [9.17, 15) is 9.18 Å². The fraction of sp³-hybridized carbons (Fsp3) is 0.0909. The first-order valence-electron chi connectivity index (χ1n) is 4.78. The lowest BCUT2D eigenvalue weighted by molar-refractivity contribution is 0.602. The van der Waals surface area contributed by atoms with Crippen molar-refractivity contribution in [1.82, 2.24) is 9.97 Å². The summed E-state index contributed by atoms with van der Waals surface area (Å²) < 4.78 is 13.9. The topological polar surface area (TPSA) is 45.8 Å². The number of hydrogen-bond acceptors (Lipinski definition) is 3. The molecule has 0 bridgehead atoms. The van der Waals surface area contributed by atoms with E-state index in [4.69, 9.17) is 0 Å². The number of benzene rings is 1. The fourth-order valence-electron chi connectivity index (χ4n) is 1.20. The van der Waals surface area contributed by atoms with Gasteiger partial charge in [-0.25, -0.2) is 9.37 Å². The van der Waals surface area contributed by atoms with Gasteiger partial charge < -0.3 is 4.98 Å². The second kappa shape index (κ2) is 5.63. The molecule has 0 spiro atoms. The Hall–Kier alpha value is -0.890. The molecule has 0 amide bonds.